The summed E-state index contributed by atoms with van der Waals surface area (Å²) < 4.78 is 16.7. The molecule has 0 N–H and O–H groups in total. The smallest absolute Gasteiger partial charge is 0.254 e. The van der Waals surface area contributed by atoms with E-state index in [0.717, 1.165) is 4.70 Å². The molecule has 0 unspecified atom stereocenters. The van der Waals surface area contributed by atoms with Crippen LogP contribution in [-0.2, 0) is 13.1 Å². The van der Waals surface area contributed by atoms with Gasteiger partial charge >= 0.3 is 0 Å². The van der Waals surface area contributed by atoms with E-state index in [1.165, 1.54) is 17.4 Å². The SMILES string of the molecule is O=C(c1ccc(Cl)cc1)N1CCn2c(nnc2-c2nc3c(F)cccc3s2)C1. The summed E-state index contributed by atoms with van der Waals surface area (Å²) in [7, 11) is 0. The Morgan fingerprint density at radius 2 is 1.93 bits per heavy atom. The van der Waals surface area contributed by atoms with Gasteiger partial charge in [0.05, 0.1) is 11.2 Å². The van der Waals surface area contributed by atoms with Crippen LogP contribution in [0.5, 0.6) is 0 Å². The number of benzene rings is 2. The topological polar surface area (TPSA) is 63.9 Å². The highest BCUT2D eigenvalue weighted by Gasteiger charge is 2.27. The lowest BCUT2D eigenvalue weighted by atomic mass is 10.2. The minimum Gasteiger partial charge on any atom is -0.329 e. The fourth-order valence-corrected chi connectivity index (χ4v) is 4.37. The molecule has 2 aromatic heterocycles. The van der Waals surface area contributed by atoms with Gasteiger partial charge in [0.2, 0.25) is 0 Å². The summed E-state index contributed by atoms with van der Waals surface area (Å²) in [6, 6.07) is 11.7. The molecule has 1 aliphatic rings. The molecule has 0 aliphatic carbocycles. The van der Waals surface area contributed by atoms with E-state index in [-0.39, 0.29) is 11.7 Å². The summed E-state index contributed by atoms with van der Waals surface area (Å²) in [6.07, 6.45) is 0. The Kier molecular flexibility index (Phi) is 4.10. The molecule has 0 spiro atoms. The number of thiazole rings is 1. The fourth-order valence-electron chi connectivity index (χ4n) is 3.27. The number of hydrogen-bond donors (Lipinski definition) is 0. The Bertz CT molecular complexity index is 1200. The second-order valence-corrected chi connectivity index (χ2v) is 7.90. The first-order chi connectivity index (χ1) is 13.6. The third-order valence-electron chi connectivity index (χ3n) is 4.69. The lowest BCUT2D eigenvalue weighted by Gasteiger charge is -2.27. The van der Waals surface area contributed by atoms with Gasteiger partial charge in [-0.25, -0.2) is 9.37 Å². The second-order valence-electron chi connectivity index (χ2n) is 6.43. The van der Waals surface area contributed by atoms with Crippen LogP contribution in [0.1, 0.15) is 16.2 Å². The maximum Gasteiger partial charge on any atom is 0.254 e. The normalized spacial score (nSPS) is 13.7. The van der Waals surface area contributed by atoms with Gasteiger partial charge in [-0.1, -0.05) is 17.7 Å². The maximum absolute atomic E-state index is 14.0. The summed E-state index contributed by atoms with van der Waals surface area (Å²) in [4.78, 5) is 18.9. The van der Waals surface area contributed by atoms with Crippen LogP contribution in [0.15, 0.2) is 42.5 Å². The molecule has 0 atom stereocenters. The summed E-state index contributed by atoms with van der Waals surface area (Å²) in [6.45, 7) is 1.43. The molecule has 0 fully saturated rings. The van der Waals surface area contributed by atoms with Crippen molar-refractivity contribution in [1.29, 1.82) is 0 Å². The Hall–Kier alpha value is -2.84. The van der Waals surface area contributed by atoms with E-state index in [4.69, 9.17) is 11.6 Å². The number of para-hydroxylation sites is 1. The molecule has 0 saturated carbocycles. The number of amides is 1. The van der Waals surface area contributed by atoms with Gasteiger partial charge in [-0.3, -0.25) is 4.79 Å². The average molecular weight is 414 g/mol. The van der Waals surface area contributed by atoms with E-state index < -0.39 is 0 Å². The molecule has 0 radical (unpaired) electrons. The summed E-state index contributed by atoms with van der Waals surface area (Å²) in [5.41, 5.74) is 0.925. The Labute approximate surface area is 168 Å². The maximum atomic E-state index is 14.0. The molecule has 9 heteroatoms. The van der Waals surface area contributed by atoms with Crippen molar-refractivity contribution in [1.82, 2.24) is 24.6 Å². The number of carbonyl (C=O) groups is 1. The van der Waals surface area contributed by atoms with Crippen LogP contribution >= 0.6 is 22.9 Å². The summed E-state index contributed by atoms with van der Waals surface area (Å²) in [5.74, 6) is 0.866. The molecule has 0 saturated heterocycles. The van der Waals surface area contributed by atoms with Crippen molar-refractivity contribution in [3.05, 3.63) is 64.7 Å². The van der Waals surface area contributed by atoms with E-state index in [0.29, 0.717) is 52.4 Å². The zero-order chi connectivity index (χ0) is 19.3. The average Bonchev–Trinajstić information content (AvgIpc) is 3.32. The lowest BCUT2D eigenvalue weighted by Crippen LogP contribution is -2.38. The van der Waals surface area contributed by atoms with Gasteiger partial charge < -0.3 is 9.47 Å². The number of rotatable bonds is 2. The monoisotopic (exact) mass is 413 g/mol. The first kappa shape index (κ1) is 17.3. The first-order valence-electron chi connectivity index (χ1n) is 8.62. The van der Waals surface area contributed by atoms with Gasteiger partial charge in [0.25, 0.3) is 5.91 Å². The van der Waals surface area contributed by atoms with Crippen LogP contribution in [-0.4, -0.2) is 37.1 Å². The Balaban J connectivity index is 1.44. The van der Waals surface area contributed by atoms with Crippen LogP contribution in [0.4, 0.5) is 4.39 Å². The second kappa shape index (κ2) is 6.65. The van der Waals surface area contributed by atoms with Crippen LogP contribution < -0.4 is 0 Å². The van der Waals surface area contributed by atoms with Gasteiger partial charge in [-0.15, -0.1) is 21.5 Å². The quantitative estimate of drug-likeness (QED) is 0.498. The van der Waals surface area contributed by atoms with E-state index in [1.54, 1.807) is 35.2 Å². The van der Waals surface area contributed by atoms with Crippen molar-refractivity contribution < 1.29 is 9.18 Å². The molecular formula is C19H13ClFN5OS. The van der Waals surface area contributed by atoms with Crippen molar-refractivity contribution in [2.45, 2.75) is 13.1 Å². The highest BCUT2D eigenvalue weighted by atomic mass is 35.5. The molecule has 5 rings (SSSR count). The molecule has 1 amide bonds. The minimum atomic E-state index is -0.349. The highest BCUT2D eigenvalue weighted by molar-refractivity contribution is 7.21. The van der Waals surface area contributed by atoms with E-state index in [1.807, 2.05) is 10.6 Å². The van der Waals surface area contributed by atoms with Gasteiger partial charge in [0, 0.05) is 23.7 Å². The first-order valence-corrected chi connectivity index (χ1v) is 9.82. The Morgan fingerprint density at radius 1 is 1.11 bits per heavy atom. The molecular weight excluding hydrogens is 401 g/mol. The fraction of sp³-hybridized carbons (Fsp3) is 0.158. The molecule has 28 heavy (non-hydrogen) atoms. The highest BCUT2D eigenvalue weighted by Crippen LogP contribution is 2.31. The predicted molar refractivity (Wildman–Crippen MR) is 105 cm³/mol. The zero-order valence-corrected chi connectivity index (χ0v) is 16.0. The van der Waals surface area contributed by atoms with Crippen molar-refractivity contribution in [3.8, 4) is 10.8 Å². The molecule has 3 heterocycles. The molecule has 2 aromatic carbocycles. The van der Waals surface area contributed by atoms with Crippen molar-refractivity contribution in [2.24, 2.45) is 0 Å². The van der Waals surface area contributed by atoms with Crippen LogP contribution in [0.2, 0.25) is 5.02 Å². The van der Waals surface area contributed by atoms with Gasteiger partial charge in [-0.05, 0) is 36.4 Å². The molecule has 4 aromatic rings. The number of aromatic nitrogens is 4. The van der Waals surface area contributed by atoms with Crippen LogP contribution in [0.3, 0.4) is 0 Å². The molecule has 1 aliphatic heterocycles. The van der Waals surface area contributed by atoms with Gasteiger partial charge in [0.1, 0.15) is 11.3 Å². The number of nitrogens with zero attached hydrogens (tertiary/aromatic N) is 5. The third-order valence-corrected chi connectivity index (χ3v) is 5.96. The number of halogens is 2. The van der Waals surface area contributed by atoms with Crippen LogP contribution in [0, 0.1) is 5.82 Å². The van der Waals surface area contributed by atoms with Crippen molar-refractivity contribution in [2.75, 3.05) is 6.54 Å². The predicted octanol–water partition coefficient (Wildman–Crippen LogP) is 4.00. The zero-order valence-electron chi connectivity index (χ0n) is 14.5. The largest absolute Gasteiger partial charge is 0.329 e. The Morgan fingerprint density at radius 3 is 2.71 bits per heavy atom. The molecule has 6 nitrogen and oxygen atoms in total. The van der Waals surface area contributed by atoms with Gasteiger partial charge in [-0.2, -0.15) is 0 Å². The standard InChI is InChI=1S/C19H13ClFN5OS/c20-12-6-4-11(5-7-12)19(27)25-8-9-26-15(10-25)23-24-17(26)18-22-16-13(21)2-1-3-14(16)28-18/h1-7H,8-10H2. The van der Waals surface area contributed by atoms with E-state index in [9.17, 15) is 9.18 Å². The molecule has 0 bridgehead atoms. The summed E-state index contributed by atoms with van der Waals surface area (Å²) >= 11 is 7.27. The van der Waals surface area contributed by atoms with E-state index in [2.05, 4.69) is 15.2 Å². The van der Waals surface area contributed by atoms with Gasteiger partial charge in [0.15, 0.2) is 16.7 Å². The molecule has 140 valence electrons. The number of fused-ring (bicyclic) bond motifs is 2. The summed E-state index contributed by atoms with van der Waals surface area (Å²) in [5, 5.41) is 9.70. The van der Waals surface area contributed by atoms with E-state index >= 15 is 0 Å². The van der Waals surface area contributed by atoms with Crippen molar-refractivity contribution in [3.63, 3.8) is 0 Å². The lowest BCUT2D eigenvalue weighted by molar-refractivity contribution is 0.0708. The van der Waals surface area contributed by atoms with Crippen LogP contribution in [0.25, 0.3) is 21.0 Å². The number of carbonyl (C=O) groups excluding carboxylic acids is 1. The number of hydrogen-bond acceptors (Lipinski definition) is 5. The van der Waals surface area contributed by atoms with Crippen molar-refractivity contribution >= 4 is 39.1 Å². The third kappa shape index (κ3) is 2.85. The minimum absolute atomic E-state index is 0.0745.